The quantitative estimate of drug-likeness (QED) is 0.498. The highest BCUT2D eigenvalue weighted by Crippen LogP contribution is 2.12. The van der Waals surface area contributed by atoms with Gasteiger partial charge in [-0.05, 0) is 0 Å². The van der Waals surface area contributed by atoms with E-state index >= 15 is 0 Å². The molecule has 0 fully saturated rings. The summed E-state index contributed by atoms with van der Waals surface area (Å²) >= 11 is 2.50. The van der Waals surface area contributed by atoms with Crippen molar-refractivity contribution in [2.24, 2.45) is 0 Å². The van der Waals surface area contributed by atoms with Gasteiger partial charge in [0.05, 0.1) is 11.9 Å². The third-order valence-electron chi connectivity index (χ3n) is 1.11. The Hall–Kier alpha value is -0.988. The first-order valence-electron chi connectivity index (χ1n) is 3.06. The maximum Gasteiger partial charge on any atom is 0.222 e. The highest BCUT2D eigenvalue weighted by molar-refractivity contribution is 6.10. The molecule has 0 bridgehead atoms. The molecule has 1 aromatic rings. The van der Waals surface area contributed by atoms with Crippen LogP contribution >= 0.6 is 0 Å². The van der Waals surface area contributed by atoms with Crippen molar-refractivity contribution >= 4 is 33.7 Å². The number of rotatable bonds is 2. The maximum atomic E-state index is 5.52. The Balaban J connectivity index is 2.93. The number of hydrogen-bond donors (Lipinski definition) is 3. The smallest absolute Gasteiger partial charge is 0.222 e. The summed E-state index contributed by atoms with van der Waals surface area (Å²) in [6, 6.07) is 0. The number of anilines is 3. The van der Waals surface area contributed by atoms with Gasteiger partial charge in [0.1, 0.15) is 0 Å². The van der Waals surface area contributed by atoms with E-state index < -0.39 is 0 Å². The summed E-state index contributed by atoms with van der Waals surface area (Å²) < 4.78 is 0. The molecule has 56 valence electrons. The third kappa shape index (κ3) is 1.97. The summed E-state index contributed by atoms with van der Waals surface area (Å²) in [4.78, 5) is 7.60. The molecular weight excluding hydrogens is 157 g/mol. The van der Waals surface area contributed by atoms with Crippen LogP contribution in [-0.2, 0) is 0 Å². The van der Waals surface area contributed by atoms with Gasteiger partial charge in [0.2, 0.25) is 5.95 Å². The second-order valence-electron chi connectivity index (χ2n) is 1.91. The molecule has 6 heteroatoms. The van der Waals surface area contributed by atoms with Crippen molar-refractivity contribution in [1.29, 1.82) is 0 Å². The van der Waals surface area contributed by atoms with Gasteiger partial charge in [0.25, 0.3) is 0 Å². The van der Waals surface area contributed by atoms with Crippen molar-refractivity contribution in [3.05, 3.63) is 6.20 Å². The third-order valence-corrected chi connectivity index (χ3v) is 1.31. The first kappa shape index (κ1) is 8.11. The van der Waals surface area contributed by atoms with Crippen molar-refractivity contribution < 1.29 is 0 Å². The molecular formula is C5H8AlN5. The molecule has 1 rings (SSSR count). The summed E-state index contributed by atoms with van der Waals surface area (Å²) in [5, 5.41) is 3.60. The van der Waals surface area contributed by atoms with Crippen LogP contribution in [-0.4, -0.2) is 31.7 Å². The Bertz CT molecular complexity index is 251. The monoisotopic (exact) mass is 165 g/mol. The minimum absolute atomic E-state index is 0.222. The summed E-state index contributed by atoms with van der Waals surface area (Å²) in [6.07, 6.45) is 1.48. The lowest BCUT2D eigenvalue weighted by molar-refractivity contribution is 1.17. The van der Waals surface area contributed by atoms with Crippen LogP contribution in [0.5, 0.6) is 0 Å². The molecule has 0 aromatic carbocycles. The molecule has 1 heterocycles. The average Bonchev–Trinajstić information content (AvgIpc) is 1.98. The fourth-order valence-corrected chi connectivity index (χ4v) is 0.836. The lowest BCUT2D eigenvalue weighted by atomic mass is 10.5. The van der Waals surface area contributed by atoms with Gasteiger partial charge in [-0.1, -0.05) is 5.41 Å². The summed E-state index contributed by atoms with van der Waals surface area (Å²) in [7, 11) is 0. The SMILES string of the molecule is Nc1ncc(N)c(N[CH2][Al])n1. The van der Waals surface area contributed by atoms with Crippen LogP contribution in [0.3, 0.4) is 0 Å². The standard InChI is InChI=1S/C5H8N5.Al/c1-8-4-3(6)2-9-5(7)10-4;/h2H,1,6H2,(H3,7,8,9,10);. The van der Waals surface area contributed by atoms with Gasteiger partial charge in [-0.3, -0.25) is 0 Å². The van der Waals surface area contributed by atoms with Crippen LogP contribution in [0.2, 0.25) is 0 Å². The number of nitrogens with one attached hydrogen (secondary N) is 1. The first-order valence-corrected chi connectivity index (χ1v) is 3.87. The van der Waals surface area contributed by atoms with Gasteiger partial charge < -0.3 is 16.8 Å². The summed E-state index contributed by atoms with van der Waals surface area (Å²) in [5.41, 5.74) is 11.4. The van der Waals surface area contributed by atoms with E-state index in [1.54, 1.807) is 0 Å². The largest absolute Gasteiger partial charge is 0.394 e. The molecule has 0 atom stereocenters. The van der Waals surface area contributed by atoms with E-state index in [4.69, 9.17) is 11.5 Å². The van der Waals surface area contributed by atoms with E-state index in [9.17, 15) is 0 Å². The van der Waals surface area contributed by atoms with Gasteiger partial charge in [-0.2, -0.15) is 4.98 Å². The fourth-order valence-electron chi connectivity index (χ4n) is 0.643. The minimum atomic E-state index is 0.222. The topological polar surface area (TPSA) is 89.8 Å². The second-order valence-corrected chi connectivity index (χ2v) is 2.32. The van der Waals surface area contributed by atoms with E-state index in [-0.39, 0.29) is 5.95 Å². The number of nitrogen functional groups attached to an aromatic ring is 2. The van der Waals surface area contributed by atoms with Crippen molar-refractivity contribution in [2.75, 3.05) is 22.2 Å². The Morgan fingerprint density at radius 2 is 2.27 bits per heavy atom. The van der Waals surface area contributed by atoms with E-state index in [1.165, 1.54) is 6.20 Å². The Labute approximate surface area is 72.6 Å². The fraction of sp³-hybridized carbons (Fsp3) is 0.200. The molecule has 0 saturated heterocycles. The zero-order valence-electron chi connectivity index (χ0n) is 5.91. The Morgan fingerprint density at radius 3 is 2.91 bits per heavy atom. The Morgan fingerprint density at radius 1 is 1.55 bits per heavy atom. The van der Waals surface area contributed by atoms with Crippen LogP contribution in [0.25, 0.3) is 0 Å². The van der Waals surface area contributed by atoms with Crippen LogP contribution in [0, 0.1) is 0 Å². The van der Waals surface area contributed by atoms with E-state index in [1.807, 2.05) is 0 Å². The lowest BCUT2D eigenvalue weighted by Crippen LogP contribution is -2.08. The number of aromatic nitrogens is 2. The molecule has 11 heavy (non-hydrogen) atoms. The predicted octanol–water partition coefficient (Wildman–Crippen LogP) is -0.821. The zero-order chi connectivity index (χ0) is 8.27. The average molecular weight is 165 g/mol. The highest BCUT2D eigenvalue weighted by Gasteiger charge is 1.98. The highest BCUT2D eigenvalue weighted by atomic mass is 27.0. The van der Waals surface area contributed by atoms with E-state index in [2.05, 4.69) is 31.6 Å². The molecule has 0 aliphatic rings. The summed E-state index contributed by atoms with van der Waals surface area (Å²) in [6.45, 7) is 0. The molecule has 5 nitrogen and oxygen atoms in total. The molecule has 2 radical (unpaired) electrons. The maximum absolute atomic E-state index is 5.52. The van der Waals surface area contributed by atoms with Crippen LogP contribution in [0.4, 0.5) is 17.5 Å². The van der Waals surface area contributed by atoms with Crippen LogP contribution in [0.15, 0.2) is 6.20 Å². The minimum Gasteiger partial charge on any atom is -0.394 e. The molecule has 5 N–H and O–H groups in total. The molecule has 0 aliphatic carbocycles. The van der Waals surface area contributed by atoms with Gasteiger partial charge >= 0.3 is 0 Å². The molecule has 0 amide bonds. The lowest BCUT2D eigenvalue weighted by Gasteiger charge is -2.05. The molecule has 1 aromatic heterocycles. The number of nitrogens with zero attached hydrogens (tertiary/aromatic N) is 2. The van der Waals surface area contributed by atoms with Gasteiger partial charge in [0, 0.05) is 0 Å². The Kier molecular flexibility index (Phi) is 2.52. The van der Waals surface area contributed by atoms with Gasteiger partial charge in [-0.15, -0.1) is 0 Å². The van der Waals surface area contributed by atoms with Gasteiger partial charge in [0.15, 0.2) is 22.1 Å². The van der Waals surface area contributed by atoms with Crippen molar-refractivity contribution in [3.63, 3.8) is 0 Å². The van der Waals surface area contributed by atoms with Crippen molar-refractivity contribution in [2.45, 2.75) is 0 Å². The zero-order valence-corrected chi connectivity index (χ0v) is 7.07. The van der Waals surface area contributed by atoms with Crippen LogP contribution in [0.1, 0.15) is 0 Å². The molecule has 0 saturated carbocycles. The van der Waals surface area contributed by atoms with E-state index in [0.717, 1.165) is 0 Å². The molecule has 0 spiro atoms. The number of nitrogens with two attached hydrogens (primary N) is 2. The summed E-state index contributed by atoms with van der Waals surface area (Å²) in [5.74, 6) is 0.799. The number of hydrogen-bond acceptors (Lipinski definition) is 5. The normalized spacial score (nSPS) is 9.45. The van der Waals surface area contributed by atoms with Crippen molar-refractivity contribution in [3.8, 4) is 0 Å². The van der Waals surface area contributed by atoms with Gasteiger partial charge in [-0.25, -0.2) is 4.98 Å². The molecule has 0 unspecified atom stereocenters. The predicted molar refractivity (Wildman–Crippen MR) is 45.1 cm³/mol. The van der Waals surface area contributed by atoms with E-state index in [0.29, 0.717) is 16.9 Å². The molecule has 0 aliphatic heterocycles. The van der Waals surface area contributed by atoms with Crippen LogP contribution < -0.4 is 16.8 Å². The van der Waals surface area contributed by atoms with Crippen molar-refractivity contribution in [1.82, 2.24) is 9.97 Å². The second kappa shape index (κ2) is 3.42. The first-order chi connectivity index (χ1) is 5.24.